The number of rotatable bonds is 20. The molecule has 8 heteroatoms. The zero-order valence-electron chi connectivity index (χ0n) is 52.2. The number of benzene rings is 12. The molecule has 0 unspecified atom stereocenters. The Kier molecular flexibility index (Phi) is 20.1. The fourth-order valence-electron chi connectivity index (χ4n) is 14.4. The van der Waals surface area contributed by atoms with E-state index in [1.54, 1.807) is 0 Å². The van der Waals surface area contributed by atoms with E-state index in [2.05, 4.69) is 364 Å². The van der Waals surface area contributed by atoms with E-state index >= 15 is 0 Å². The van der Waals surface area contributed by atoms with Gasteiger partial charge in [-0.1, -0.05) is 364 Å². The summed E-state index contributed by atoms with van der Waals surface area (Å²) >= 11 is 0. The maximum absolute atomic E-state index is 7.56. The quantitative estimate of drug-likeness (QED) is 0.0563. The van der Waals surface area contributed by atoms with Gasteiger partial charge in [0, 0.05) is 24.4 Å². The first-order valence-electron chi connectivity index (χ1n) is 33.0. The maximum atomic E-state index is 7.56. The Morgan fingerprint density at radius 2 is 0.228 bits per heavy atom. The van der Waals surface area contributed by atoms with Gasteiger partial charge in [0.1, 0.15) is 0 Å². The van der Waals surface area contributed by atoms with E-state index in [1.165, 1.54) is 62.2 Å². The standard InChI is InChI=1S/2C42H40O2Si2/c2*1-7-19-37(20-8-1)45(38-21-9-2-10-22-38,39-23-11-3-12-24-39)43-35-31-33-36(34-32-35)44-46(40-25-13-4-14-26-40,41-27-15-5-16-28-41)42-29-17-6-18-30-42/h2*1-30,35-36H,31-34H2. The first kappa shape index (κ1) is 62.2. The van der Waals surface area contributed by atoms with Crippen LogP contribution in [-0.2, 0) is 17.7 Å². The van der Waals surface area contributed by atoms with Crippen molar-refractivity contribution in [3.63, 3.8) is 0 Å². The molecule has 2 aliphatic rings. The van der Waals surface area contributed by atoms with E-state index in [4.69, 9.17) is 17.7 Å². The summed E-state index contributed by atoms with van der Waals surface area (Å²) < 4.78 is 30.3. The van der Waals surface area contributed by atoms with Crippen molar-refractivity contribution in [1.82, 2.24) is 0 Å². The minimum atomic E-state index is -2.77. The van der Waals surface area contributed by atoms with Gasteiger partial charge in [0.2, 0.25) is 0 Å². The van der Waals surface area contributed by atoms with Gasteiger partial charge in [-0.2, -0.15) is 0 Å². The summed E-state index contributed by atoms with van der Waals surface area (Å²) in [5.74, 6) is 0. The minimum Gasteiger partial charge on any atom is -0.401 e. The molecule has 12 aromatic carbocycles. The van der Waals surface area contributed by atoms with Crippen LogP contribution in [0.5, 0.6) is 0 Å². The molecule has 0 atom stereocenters. The third kappa shape index (κ3) is 13.2. The van der Waals surface area contributed by atoms with Gasteiger partial charge in [0.25, 0.3) is 33.3 Å². The van der Waals surface area contributed by atoms with Crippen LogP contribution in [0, 0.1) is 0 Å². The van der Waals surface area contributed by atoms with Gasteiger partial charge in [-0.15, -0.1) is 0 Å². The molecule has 0 radical (unpaired) electrons. The molecule has 0 heterocycles. The largest absolute Gasteiger partial charge is 0.401 e. The zero-order chi connectivity index (χ0) is 62.1. The molecule has 4 nitrogen and oxygen atoms in total. The lowest BCUT2D eigenvalue weighted by atomic mass is 9.95. The molecule has 0 aromatic heterocycles. The first-order chi connectivity index (χ1) is 45.6. The van der Waals surface area contributed by atoms with E-state index in [0.29, 0.717) is 0 Å². The second-order valence-electron chi connectivity index (χ2n) is 24.4. The number of hydrogen-bond donors (Lipinski definition) is 0. The third-order valence-electron chi connectivity index (χ3n) is 18.8. The van der Waals surface area contributed by atoms with Gasteiger partial charge >= 0.3 is 0 Å². The SMILES string of the molecule is c1ccc([Si](OC2CCC(O[Si](c3ccccc3)(c3ccccc3)c3ccccc3)CC2)(c2ccccc2)c2ccccc2)cc1.c1ccc([Si](OC2CCC(O[Si](c3ccccc3)(c3ccccc3)c3ccccc3)CC2)(c2ccccc2)c2ccccc2)cc1. The lowest BCUT2D eigenvalue weighted by molar-refractivity contribution is 0.0787. The maximum Gasteiger partial charge on any atom is 0.288 e. The molecule has 2 aliphatic carbocycles. The molecule has 0 N–H and O–H groups in total. The van der Waals surface area contributed by atoms with Crippen molar-refractivity contribution in [1.29, 1.82) is 0 Å². The van der Waals surface area contributed by atoms with Gasteiger partial charge in [0.15, 0.2) is 0 Å². The Hall–Kier alpha value is -8.65. The fourth-order valence-corrected chi connectivity index (χ4v) is 30.9. The second-order valence-corrected chi connectivity index (χ2v) is 37.7. The highest BCUT2D eigenvalue weighted by Crippen LogP contribution is 2.31. The summed E-state index contributed by atoms with van der Waals surface area (Å²) in [6.45, 7) is 0. The molecular weight excluding hydrogens is 1190 g/mol. The van der Waals surface area contributed by atoms with Crippen LogP contribution in [0.25, 0.3) is 0 Å². The Balaban J connectivity index is 0.000000168. The van der Waals surface area contributed by atoms with Crippen molar-refractivity contribution in [2.45, 2.75) is 75.8 Å². The Bertz CT molecular complexity index is 3170. The lowest BCUT2D eigenvalue weighted by Gasteiger charge is -2.42. The van der Waals surface area contributed by atoms with Crippen LogP contribution in [0.4, 0.5) is 0 Å². The monoisotopic (exact) mass is 1260 g/mol. The van der Waals surface area contributed by atoms with Crippen LogP contribution < -0.4 is 62.2 Å². The van der Waals surface area contributed by atoms with Crippen LogP contribution in [0.15, 0.2) is 364 Å². The zero-order valence-corrected chi connectivity index (χ0v) is 56.2. The predicted molar refractivity (Wildman–Crippen MR) is 392 cm³/mol. The van der Waals surface area contributed by atoms with Crippen molar-refractivity contribution in [2.75, 3.05) is 0 Å². The molecular formula is C84H80O4Si4. The molecule has 0 bridgehead atoms. The Morgan fingerprint density at radius 3 is 0.315 bits per heavy atom. The van der Waals surface area contributed by atoms with Crippen molar-refractivity contribution < 1.29 is 17.7 Å². The molecule has 456 valence electrons. The van der Waals surface area contributed by atoms with Gasteiger partial charge in [-0.25, -0.2) is 0 Å². The minimum absolute atomic E-state index is 0.147. The van der Waals surface area contributed by atoms with E-state index in [-0.39, 0.29) is 24.4 Å². The Morgan fingerprint density at radius 1 is 0.141 bits per heavy atom. The van der Waals surface area contributed by atoms with Crippen LogP contribution >= 0.6 is 0 Å². The van der Waals surface area contributed by atoms with E-state index < -0.39 is 33.3 Å². The van der Waals surface area contributed by atoms with Crippen LogP contribution in [0.2, 0.25) is 0 Å². The van der Waals surface area contributed by atoms with Crippen LogP contribution in [-0.4, -0.2) is 57.7 Å². The van der Waals surface area contributed by atoms with Gasteiger partial charge in [-0.3, -0.25) is 0 Å². The summed E-state index contributed by atoms with van der Waals surface area (Å²) in [5.41, 5.74) is 0. The summed E-state index contributed by atoms with van der Waals surface area (Å²) in [6, 6.07) is 131. The lowest BCUT2D eigenvalue weighted by Crippen LogP contribution is -2.71. The molecule has 0 saturated heterocycles. The summed E-state index contributed by atoms with van der Waals surface area (Å²) in [6.07, 6.45) is 8.32. The highest BCUT2D eigenvalue weighted by molar-refractivity contribution is 7.09. The van der Waals surface area contributed by atoms with Gasteiger partial charge < -0.3 is 17.7 Å². The number of hydrogen-bond acceptors (Lipinski definition) is 4. The third-order valence-corrected chi connectivity index (χ3v) is 35.3. The molecule has 0 aliphatic heterocycles. The van der Waals surface area contributed by atoms with Gasteiger partial charge in [-0.05, 0) is 114 Å². The first-order valence-corrected chi connectivity index (χ1v) is 40.6. The predicted octanol–water partition coefficient (Wildman–Crippen LogP) is 11.3. The smallest absolute Gasteiger partial charge is 0.288 e. The van der Waals surface area contributed by atoms with Crippen molar-refractivity contribution in [2.24, 2.45) is 0 Å². The average molecular weight is 1270 g/mol. The Labute approximate surface area is 549 Å². The van der Waals surface area contributed by atoms with Crippen molar-refractivity contribution in [3.05, 3.63) is 364 Å². The molecule has 0 amide bonds. The normalized spacial score (nSPS) is 17.0. The van der Waals surface area contributed by atoms with Crippen LogP contribution in [0.1, 0.15) is 51.4 Å². The molecule has 92 heavy (non-hydrogen) atoms. The van der Waals surface area contributed by atoms with Gasteiger partial charge in [0.05, 0.1) is 0 Å². The van der Waals surface area contributed by atoms with Crippen molar-refractivity contribution >= 4 is 95.5 Å². The average Bonchev–Trinajstić information content (AvgIpc) is 0.787. The fraction of sp³-hybridized carbons (Fsp3) is 0.143. The molecule has 14 rings (SSSR count). The van der Waals surface area contributed by atoms with E-state index in [0.717, 1.165) is 51.4 Å². The summed E-state index contributed by atoms with van der Waals surface area (Å²) in [4.78, 5) is 0. The van der Waals surface area contributed by atoms with E-state index in [1.807, 2.05) is 0 Å². The van der Waals surface area contributed by atoms with Crippen LogP contribution in [0.3, 0.4) is 0 Å². The topological polar surface area (TPSA) is 36.9 Å². The molecule has 2 fully saturated rings. The summed E-state index contributed by atoms with van der Waals surface area (Å²) in [7, 11) is -11.1. The highest BCUT2D eigenvalue weighted by atomic mass is 28.4. The molecule has 2 saturated carbocycles. The highest BCUT2D eigenvalue weighted by Gasteiger charge is 2.49. The molecule has 12 aromatic rings. The van der Waals surface area contributed by atoms with Crippen molar-refractivity contribution in [3.8, 4) is 0 Å². The van der Waals surface area contributed by atoms with E-state index in [9.17, 15) is 0 Å². The second kappa shape index (κ2) is 29.7. The molecule has 0 spiro atoms. The summed E-state index contributed by atoms with van der Waals surface area (Å²) in [5, 5.41) is 15.4.